The van der Waals surface area contributed by atoms with Crippen LogP contribution in [0.3, 0.4) is 0 Å². The molecule has 0 aromatic carbocycles. The van der Waals surface area contributed by atoms with Crippen molar-refractivity contribution in [1.82, 2.24) is 9.88 Å². The van der Waals surface area contributed by atoms with Crippen LogP contribution in [0.25, 0.3) is 0 Å². The Morgan fingerprint density at radius 2 is 2.28 bits per heavy atom. The lowest BCUT2D eigenvalue weighted by molar-refractivity contribution is 0.0516. The van der Waals surface area contributed by atoms with Gasteiger partial charge in [0.05, 0.1) is 25.0 Å². The third kappa shape index (κ3) is 4.06. The van der Waals surface area contributed by atoms with E-state index >= 15 is 0 Å². The highest BCUT2D eigenvalue weighted by Gasteiger charge is 2.16. The van der Waals surface area contributed by atoms with E-state index in [-0.39, 0.29) is 24.8 Å². The third-order valence-electron chi connectivity index (χ3n) is 2.36. The normalized spacial score (nSPS) is 12.2. The lowest BCUT2D eigenvalue weighted by Gasteiger charge is -2.19. The number of carbonyl (C=O) groups is 1. The Balaban J connectivity index is 2.73. The number of methoxy groups -OCH3 is 1. The highest BCUT2D eigenvalue weighted by Crippen LogP contribution is 2.04. The number of aliphatic hydroxyl groups excluding tert-OH is 2. The van der Waals surface area contributed by atoms with Crippen LogP contribution >= 0.6 is 0 Å². The van der Waals surface area contributed by atoms with Gasteiger partial charge in [-0.2, -0.15) is 0 Å². The summed E-state index contributed by atoms with van der Waals surface area (Å²) in [6.45, 7) is 0.0182. The molecular formula is C12H18N2O4. The molecule has 6 nitrogen and oxygen atoms in total. The van der Waals surface area contributed by atoms with E-state index in [4.69, 9.17) is 9.84 Å². The number of carbonyl (C=O) groups excluding carboxylic acids is 1. The molecule has 0 bridgehead atoms. The van der Waals surface area contributed by atoms with Crippen molar-refractivity contribution in [3.63, 3.8) is 0 Å². The van der Waals surface area contributed by atoms with Crippen molar-refractivity contribution in [1.29, 1.82) is 0 Å². The molecule has 1 atom stereocenters. The van der Waals surface area contributed by atoms with Gasteiger partial charge in [0.15, 0.2) is 0 Å². The highest BCUT2D eigenvalue weighted by molar-refractivity contribution is 5.92. The molecular weight excluding hydrogens is 236 g/mol. The van der Waals surface area contributed by atoms with Gasteiger partial charge in [-0.1, -0.05) is 6.07 Å². The van der Waals surface area contributed by atoms with Gasteiger partial charge in [-0.3, -0.25) is 4.79 Å². The molecule has 0 spiro atoms. The lowest BCUT2D eigenvalue weighted by Crippen LogP contribution is -2.36. The second-order valence-electron chi connectivity index (χ2n) is 3.97. The molecule has 0 aliphatic heterocycles. The smallest absolute Gasteiger partial charge is 0.272 e. The largest absolute Gasteiger partial charge is 0.394 e. The van der Waals surface area contributed by atoms with Crippen molar-refractivity contribution in [3.05, 3.63) is 29.6 Å². The van der Waals surface area contributed by atoms with Crippen LogP contribution in [-0.2, 0) is 11.3 Å². The fraction of sp³-hybridized carbons (Fsp3) is 0.500. The Kier molecular flexibility index (Phi) is 5.70. The van der Waals surface area contributed by atoms with Gasteiger partial charge < -0.3 is 19.8 Å². The van der Waals surface area contributed by atoms with Crippen LogP contribution in [0, 0.1) is 0 Å². The number of hydrogen-bond acceptors (Lipinski definition) is 5. The summed E-state index contributed by atoms with van der Waals surface area (Å²) in [5, 5.41) is 18.0. The zero-order valence-electron chi connectivity index (χ0n) is 10.5. The number of nitrogens with zero attached hydrogens (tertiary/aromatic N) is 2. The van der Waals surface area contributed by atoms with Crippen LogP contribution in [0.15, 0.2) is 18.2 Å². The number of rotatable bonds is 6. The number of likely N-dealkylation sites (N-methyl/N-ethyl adjacent to an activating group) is 1. The summed E-state index contributed by atoms with van der Waals surface area (Å²) in [6.07, 6.45) is -0.943. The maximum absolute atomic E-state index is 12.0. The van der Waals surface area contributed by atoms with Gasteiger partial charge in [-0.15, -0.1) is 0 Å². The van der Waals surface area contributed by atoms with Crippen molar-refractivity contribution in [2.75, 3.05) is 27.3 Å². The van der Waals surface area contributed by atoms with E-state index in [2.05, 4.69) is 4.98 Å². The van der Waals surface area contributed by atoms with Gasteiger partial charge in [0.1, 0.15) is 5.69 Å². The molecule has 2 N–H and O–H groups in total. The molecule has 1 amide bonds. The average Bonchev–Trinajstić information content (AvgIpc) is 2.38. The minimum absolute atomic E-state index is 0.0610. The SMILES string of the molecule is COCc1cccc(C(=O)N(C)C[C@@H](O)CO)n1. The highest BCUT2D eigenvalue weighted by atomic mass is 16.5. The van der Waals surface area contributed by atoms with Crippen LogP contribution in [0.5, 0.6) is 0 Å². The fourth-order valence-electron chi connectivity index (χ4n) is 1.48. The number of hydrogen-bond donors (Lipinski definition) is 2. The lowest BCUT2D eigenvalue weighted by atomic mass is 10.2. The first-order chi connectivity index (χ1) is 8.58. The van der Waals surface area contributed by atoms with Crippen molar-refractivity contribution in [2.45, 2.75) is 12.7 Å². The Bertz CT molecular complexity index is 397. The zero-order valence-corrected chi connectivity index (χ0v) is 10.5. The van der Waals surface area contributed by atoms with E-state index in [9.17, 15) is 9.90 Å². The summed E-state index contributed by atoms with van der Waals surface area (Å²) in [7, 11) is 3.10. The molecule has 0 unspecified atom stereocenters. The van der Waals surface area contributed by atoms with Crippen LogP contribution in [0.4, 0.5) is 0 Å². The number of ether oxygens (including phenoxy) is 1. The van der Waals surface area contributed by atoms with Gasteiger partial charge >= 0.3 is 0 Å². The maximum atomic E-state index is 12.0. The summed E-state index contributed by atoms with van der Waals surface area (Å²) < 4.78 is 4.94. The van der Waals surface area contributed by atoms with Crippen LogP contribution in [0.1, 0.15) is 16.2 Å². The van der Waals surface area contributed by atoms with E-state index in [0.717, 1.165) is 0 Å². The molecule has 100 valence electrons. The molecule has 0 saturated heterocycles. The average molecular weight is 254 g/mol. The molecule has 6 heteroatoms. The van der Waals surface area contributed by atoms with Gasteiger partial charge in [-0.25, -0.2) is 4.98 Å². The summed E-state index contributed by atoms with van der Waals surface area (Å²) in [5.74, 6) is -0.305. The van der Waals surface area contributed by atoms with Gasteiger partial charge in [-0.05, 0) is 12.1 Å². The minimum Gasteiger partial charge on any atom is -0.394 e. The summed E-state index contributed by atoms with van der Waals surface area (Å²) in [6, 6.07) is 5.09. The number of pyridine rings is 1. The van der Waals surface area contributed by atoms with E-state index in [1.165, 1.54) is 4.90 Å². The molecule has 1 heterocycles. The van der Waals surface area contributed by atoms with Crippen LogP contribution < -0.4 is 0 Å². The predicted molar refractivity (Wildman–Crippen MR) is 65.0 cm³/mol. The van der Waals surface area contributed by atoms with Gasteiger partial charge in [0, 0.05) is 20.7 Å². The fourth-order valence-corrected chi connectivity index (χ4v) is 1.48. The van der Waals surface area contributed by atoms with Gasteiger partial charge in [0.25, 0.3) is 5.91 Å². The summed E-state index contributed by atoms with van der Waals surface area (Å²) in [5.41, 5.74) is 0.955. The molecule has 1 rings (SSSR count). The second-order valence-corrected chi connectivity index (χ2v) is 3.97. The molecule has 0 radical (unpaired) electrons. The minimum atomic E-state index is -0.943. The zero-order chi connectivity index (χ0) is 13.5. The quantitative estimate of drug-likeness (QED) is 0.725. The Morgan fingerprint density at radius 3 is 2.89 bits per heavy atom. The molecule has 18 heavy (non-hydrogen) atoms. The standard InChI is InChI=1S/C12H18N2O4/c1-14(6-10(16)7-15)12(17)11-5-3-4-9(13-11)8-18-2/h3-5,10,15-16H,6-8H2,1-2H3/t10-/m1/s1. The van der Waals surface area contributed by atoms with Crippen molar-refractivity contribution < 1.29 is 19.7 Å². The van der Waals surface area contributed by atoms with Gasteiger partial charge in [0.2, 0.25) is 0 Å². The number of aliphatic hydroxyl groups is 2. The number of aromatic nitrogens is 1. The Labute approximate surface area is 106 Å². The molecule has 0 aliphatic carbocycles. The molecule has 0 saturated carbocycles. The van der Waals surface area contributed by atoms with Crippen molar-refractivity contribution in [2.24, 2.45) is 0 Å². The third-order valence-corrected chi connectivity index (χ3v) is 2.36. The first kappa shape index (κ1) is 14.6. The second kappa shape index (κ2) is 7.05. The molecule has 1 aromatic heterocycles. The Hall–Kier alpha value is -1.50. The van der Waals surface area contributed by atoms with Crippen LogP contribution in [-0.4, -0.2) is 59.4 Å². The molecule has 0 fully saturated rings. The topological polar surface area (TPSA) is 82.9 Å². The van der Waals surface area contributed by atoms with Crippen LogP contribution in [0.2, 0.25) is 0 Å². The first-order valence-electron chi connectivity index (χ1n) is 5.57. The first-order valence-corrected chi connectivity index (χ1v) is 5.57. The van der Waals surface area contributed by atoms with E-state index < -0.39 is 6.10 Å². The monoisotopic (exact) mass is 254 g/mol. The van der Waals surface area contributed by atoms with E-state index in [1.54, 1.807) is 32.4 Å². The van der Waals surface area contributed by atoms with E-state index in [1.807, 2.05) is 0 Å². The molecule has 1 aromatic rings. The molecule has 0 aliphatic rings. The van der Waals surface area contributed by atoms with E-state index in [0.29, 0.717) is 12.3 Å². The van der Waals surface area contributed by atoms with Crippen molar-refractivity contribution >= 4 is 5.91 Å². The maximum Gasteiger partial charge on any atom is 0.272 e. The van der Waals surface area contributed by atoms with Crippen molar-refractivity contribution in [3.8, 4) is 0 Å². The summed E-state index contributed by atoms with van der Waals surface area (Å²) in [4.78, 5) is 17.5. The predicted octanol–water partition coefficient (Wildman–Crippen LogP) is -0.347. The summed E-state index contributed by atoms with van der Waals surface area (Å²) >= 11 is 0. The Morgan fingerprint density at radius 1 is 1.56 bits per heavy atom. The number of amides is 1.